The molecule has 0 saturated heterocycles. The molecule has 3 nitrogen and oxygen atoms in total. The summed E-state index contributed by atoms with van der Waals surface area (Å²) in [6, 6.07) is 12.5. The summed E-state index contributed by atoms with van der Waals surface area (Å²) < 4.78 is 7.40. The van der Waals surface area contributed by atoms with Gasteiger partial charge in [-0.3, -0.25) is 4.40 Å². The van der Waals surface area contributed by atoms with E-state index in [1.807, 2.05) is 24.7 Å². The highest BCUT2D eigenvalue weighted by Crippen LogP contribution is 2.30. The molecule has 24 heavy (non-hydrogen) atoms. The molecular formula is C21H24N2O. The lowest BCUT2D eigenvalue weighted by atomic mass is 9.91. The summed E-state index contributed by atoms with van der Waals surface area (Å²) in [5.74, 6) is 0.862. The van der Waals surface area contributed by atoms with Gasteiger partial charge in [0.05, 0.1) is 30.8 Å². The molecule has 124 valence electrons. The van der Waals surface area contributed by atoms with Gasteiger partial charge in [0.15, 0.2) is 0 Å². The van der Waals surface area contributed by atoms with Gasteiger partial charge in [-0.25, -0.2) is 4.98 Å². The summed E-state index contributed by atoms with van der Waals surface area (Å²) in [6.07, 6.45) is 6.12. The Balaban J connectivity index is 2.12. The smallest absolute Gasteiger partial charge is 0.118 e. The van der Waals surface area contributed by atoms with Crippen molar-refractivity contribution in [1.82, 2.24) is 9.38 Å². The minimum Gasteiger partial charge on any atom is -0.497 e. The summed E-state index contributed by atoms with van der Waals surface area (Å²) in [5.41, 5.74) is 6.03. The zero-order chi connectivity index (χ0) is 17.3. The molecule has 0 atom stereocenters. The predicted molar refractivity (Wildman–Crippen MR) is 100 cm³/mol. The van der Waals surface area contributed by atoms with Gasteiger partial charge in [0, 0.05) is 5.56 Å². The molecule has 0 bridgehead atoms. The van der Waals surface area contributed by atoms with Crippen molar-refractivity contribution < 1.29 is 4.74 Å². The van der Waals surface area contributed by atoms with Gasteiger partial charge in [0.25, 0.3) is 0 Å². The zero-order valence-electron chi connectivity index (χ0n) is 15.0. The molecule has 0 aliphatic rings. The number of benzene rings is 1. The second kappa shape index (κ2) is 6.16. The van der Waals surface area contributed by atoms with Crippen LogP contribution in [0.4, 0.5) is 0 Å². The first-order valence-corrected chi connectivity index (χ1v) is 8.18. The number of methoxy groups -OCH3 is 1. The lowest BCUT2D eigenvalue weighted by molar-refractivity contribution is 0.415. The summed E-state index contributed by atoms with van der Waals surface area (Å²) >= 11 is 0. The third-order valence-electron chi connectivity index (χ3n) is 4.04. The molecule has 0 N–H and O–H groups in total. The number of hydrogen-bond acceptors (Lipinski definition) is 2. The van der Waals surface area contributed by atoms with Crippen LogP contribution in [0, 0.1) is 5.41 Å². The van der Waals surface area contributed by atoms with E-state index in [0.29, 0.717) is 0 Å². The minimum atomic E-state index is 0.149. The van der Waals surface area contributed by atoms with Crippen molar-refractivity contribution in [2.24, 2.45) is 5.41 Å². The SMILES string of the molecule is COc1ccc(-c2ccc(/C(C)=C/C(C)(C)C)c3cncn23)cc1. The monoisotopic (exact) mass is 320 g/mol. The van der Waals surface area contributed by atoms with Gasteiger partial charge in [-0.1, -0.05) is 32.9 Å². The predicted octanol–water partition coefficient (Wildman–Crippen LogP) is 5.46. The lowest BCUT2D eigenvalue weighted by Gasteiger charge is -2.16. The second-order valence-corrected chi connectivity index (χ2v) is 7.20. The number of pyridine rings is 1. The molecule has 3 rings (SSSR count). The molecule has 0 spiro atoms. The van der Waals surface area contributed by atoms with Crippen LogP contribution in [0.5, 0.6) is 5.75 Å². The highest BCUT2D eigenvalue weighted by Gasteiger charge is 2.12. The van der Waals surface area contributed by atoms with E-state index in [2.05, 4.69) is 67.4 Å². The number of fused-ring (bicyclic) bond motifs is 1. The number of nitrogens with zero attached hydrogens (tertiary/aromatic N) is 2. The number of imidazole rings is 1. The van der Waals surface area contributed by atoms with Crippen LogP contribution in [0.25, 0.3) is 22.3 Å². The Morgan fingerprint density at radius 2 is 1.79 bits per heavy atom. The van der Waals surface area contributed by atoms with Gasteiger partial charge in [-0.05, 0) is 53.8 Å². The third-order valence-corrected chi connectivity index (χ3v) is 4.04. The standard InChI is InChI=1S/C21H24N2O/c1-15(12-21(2,3)4)18-10-11-19(23-14-22-13-20(18)23)16-6-8-17(24-5)9-7-16/h6-14H,1-5H3/b15-12+. The first-order chi connectivity index (χ1) is 11.4. The molecule has 0 aliphatic carbocycles. The maximum absolute atomic E-state index is 5.25. The van der Waals surface area contributed by atoms with Gasteiger partial charge in [0.1, 0.15) is 5.75 Å². The van der Waals surface area contributed by atoms with Gasteiger partial charge < -0.3 is 4.74 Å². The normalized spacial score (nSPS) is 12.6. The van der Waals surface area contributed by atoms with Crippen LogP contribution in [0.3, 0.4) is 0 Å². The minimum absolute atomic E-state index is 0.149. The Morgan fingerprint density at radius 1 is 1.08 bits per heavy atom. The number of allylic oxidation sites excluding steroid dienone is 2. The number of rotatable bonds is 3. The number of ether oxygens (including phenoxy) is 1. The average Bonchev–Trinajstić information content (AvgIpc) is 3.02. The van der Waals surface area contributed by atoms with Gasteiger partial charge in [-0.2, -0.15) is 0 Å². The van der Waals surface area contributed by atoms with Gasteiger partial charge in [-0.15, -0.1) is 0 Å². The maximum atomic E-state index is 5.25. The first kappa shape index (κ1) is 16.3. The van der Waals surface area contributed by atoms with Crippen LogP contribution in [0.1, 0.15) is 33.3 Å². The number of hydrogen-bond donors (Lipinski definition) is 0. The van der Waals surface area contributed by atoms with Crippen molar-refractivity contribution in [2.75, 3.05) is 7.11 Å². The van der Waals surface area contributed by atoms with E-state index in [0.717, 1.165) is 22.5 Å². The first-order valence-electron chi connectivity index (χ1n) is 8.18. The van der Waals surface area contributed by atoms with E-state index in [-0.39, 0.29) is 5.41 Å². The van der Waals surface area contributed by atoms with Crippen molar-refractivity contribution >= 4 is 11.1 Å². The Hall–Kier alpha value is -2.55. The molecule has 3 heteroatoms. The summed E-state index contributed by atoms with van der Waals surface area (Å²) in [4.78, 5) is 4.37. The van der Waals surface area contributed by atoms with Crippen LogP contribution < -0.4 is 4.74 Å². The van der Waals surface area contributed by atoms with Crippen molar-refractivity contribution in [2.45, 2.75) is 27.7 Å². The lowest BCUT2D eigenvalue weighted by Crippen LogP contribution is -2.01. The van der Waals surface area contributed by atoms with Crippen molar-refractivity contribution in [3.05, 3.63) is 60.6 Å². The second-order valence-electron chi connectivity index (χ2n) is 7.20. The van der Waals surface area contributed by atoms with Crippen molar-refractivity contribution in [3.63, 3.8) is 0 Å². The van der Waals surface area contributed by atoms with E-state index >= 15 is 0 Å². The fourth-order valence-electron chi connectivity index (χ4n) is 3.07. The van der Waals surface area contributed by atoms with Gasteiger partial charge in [0.2, 0.25) is 0 Å². The Kier molecular flexibility index (Phi) is 4.18. The zero-order valence-corrected chi connectivity index (χ0v) is 15.0. The van der Waals surface area contributed by atoms with E-state index < -0.39 is 0 Å². The van der Waals surface area contributed by atoms with E-state index in [1.54, 1.807) is 7.11 Å². The van der Waals surface area contributed by atoms with E-state index in [4.69, 9.17) is 4.74 Å². The fraction of sp³-hybridized carbons (Fsp3) is 0.286. The molecule has 1 aromatic carbocycles. The van der Waals surface area contributed by atoms with E-state index in [1.165, 1.54) is 11.1 Å². The molecule has 0 fully saturated rings. The van der Waals surface area contributed by atoms with Crippen molar-refractivity contribution in [3.8, 4) is 17.0 Å². The summed E-state index contributed by atoms with van der Waals surface area (Å²) in [5, 5.41) is 0. The molecule has 0 saturated carbocycles. The van der Waals surface area contributed by atoms with Crippen LogP contribution in [-0.2, 0) is 0 Å². The Labute approximate surface area is 143 Å². The third kappa shape index (κ3) is 3.21. The largest absolute Gasteiger partial charge is 0.497 e. The van der Waals surface area contributed by atoms with Crippen LogP contribution >= 0.6 is 0 Å². The Bertz CT molecular complexity index is 880. The average molecular weight is 320 g/mol. The van der Waals surface area contributed by atoms with Crippen molar-refractivity contribution in [1.29, 1.82) is 0 Å². The highest BCUT2D eigenvalue weighted by atomic mass is 16.5. The Morgan fingerprint density at radius 3 is 2.42 bits per heavy atom. The summed E-state index contributed by atoms with van der Waals surface area (Å²) in [7, 11) is 1.68. The molecule has 0 aliphatic heterocycles. The summed E-state index contributed by atoms with van der Waals surface area (Å²) in [6.45, 7) is 8.82. The van der Waals surface area contributed by atoms with E-state index in [9.17, 15) is 0 Å². The number of aromatic nitrogens is 2. The fourth-order valence-corrected chi connectivity index (χ4v) is 3.07. The molecule has 3 aromatic rings. The van der Waals surface area contributed by atoms with Crippen LogP contribution in [-0.4, -0.2) is 16.5 Å². The topological polar surface area (TPSA) is 26.5 Å². The maximum Gasteiger partial charge on any atom is 0.118 e. The molecule has 0 unspecified atom stereocenters. The van der Waals surface area contributed by atoms with Crippen LogP contribution in [0.2, 0.25) is 0 Å². The quantitative estimate of drug-likeness (QED) is 0.640. The molecular weight excluding hydrogens is 296 g/mol. The molecule has 0 radical (unpaired) electrons. The van der Waals surface area contributed by atoms with Crippen LogP contribution in [0.15, 0.2) is 55.0 Å². The molecule has 0 amide bonds. The van der Waals surface area contributed by atoms with Gasteiger partial charge >= 0.3 is 0 Å². The molecule has 2 heterocycles. The highest BCUT2D eigenvalue weighted by molar-refractivity contribution is 5.80. The molecule has 2 aromatic heterocycles.